The lowest BCUT2D eigenvalue weighted by Gasteiger charge is -2.41. The average Bonchev–Trinajstić information content (AvgIpc) is 2.92. The zero-order valence-corrected chi connectivity index (χ0v) is 24.3. The minimum atomic E-state index is -1.13. The van der Waals surface area contributed by atoms with Gasteiger partial charge in [0.15, 0.2) is 11.5 Å². The molecule has 0 heterocycles. The first-order valence-corrected chi connectivity index (χ1v) is 14.1. The monoisotopic (exact) mass is 642 g/mol. The largest absolute Gasteiger partial charge is 0.493 e. The number of methoxy groups -OCH3 is 1. The predicted octanol–water partition coefficient (Wildman–Crippen LogP) is 3.40. The van der Waals surface area contributed by atoms with Gasteiger partial charge < -0.3 is 29.9 Å². The summed E-state index contributed by atoms with van der Waals surface area (Å²) in [6.45, 7) is 6.13. The number of halogens is 1. The molecule has 0 bridgehead atoms. The molecule has 0 radical (unpaired) electrons. The Morgan fingerprint density at radius 3 is 2.68 bits per heavy atom. The lowest BCUT2D eigenvalue weighted by atomic mass is 9.87. The molecule has 0 saturated heterocycles. The molecule has 1 aliphatic rings. The van der Waals surface area contributed by atoms with Gasteiger partial charge in [-0.15, -0.1) is 6.58 Å². The van der Waals surface area contributed by atoms with Gasteiger partial charge in [0.2, 0.25) is 11.8 Å². The van der Waals surface area contributed by atoms with Crippen LogP contribution in [0.5, 0.6) is 11.5 Å². The first-order chi connectivity index (χ1) is 18.3. The van der Waals surface area contributed by atoms with Gasteiger partial charge in [0.05, 0.1) is 23.3 Å². The zero-order valence-electron chi connectivity index (χ0n) is 22.2. The summed E-state index contributed by atoms with van der Waals surface area (Å²) in [5, 5.41) is 23.3. The third-order valence-electron chi connectivity index (χ3n) is 6.39. The lowest BCUT2D eigenvalue weighted by Crippen LogP contribution is -2.55. The van der Waals surface area contributed by atoms with Gasteiger partial charge in [-0.1, -0.05) is 32.3 Å². The molecule has 10 heteroatoms. The Morgan fingerprint density at radius 2 is 2.05 bits per heavy atom. The van der Waals surface area contributed by atoms with E-state index < -0.39 is 24.2 Å². The maximum Gasteiger partial charge on any atom is 0.247 e. The number of benzene rings is 1. The van der Waals surface area contributed by atoms with E-state index >= 15 is 0 Å². The van der Waals surface area contributed by atoms with Crippen molar-refractivity contribution < 1.29 is 34.1 Å². The molecule has 2 amide bonds. The van der Waals surface area contributed by atoms with Crippen molar-refractivity contribution in [2.45, 2.75) is 70.1 Å². The number of nitrogens with zero attached hydrogens (tertiary/aromatic N) is 1. The standard InChI is InChI=1S/C28H39IN2O7/c1-4-6-8-9-12-31(25(34)10-7-5-2)22-16-20(28(36)30-11-13-32)17-23(26(22)35)38-27-21(29)14-19(18-33)15-24(27)37-3/h5,14-15,17-18,22-23,26,32,35H,2,4,6-13,16H2,1,3H3,(H,30,36). The molecule has 0 aromatic heterocycles. The molecule has 9 nitrogen and oxygen atoms in total. The quantitative estimate of drug-likeness (QED) is 0.109. The Labute approximate surface area is 238 Å². The summed E-state index contributed by atoms with van der Waals surface area (Å²) in [4.78, 5) is 39.2. The summed E-state index contributed by atoms with van der Waals surface area (Å²) in [6, 6.07) is 2.47. The predicted molar refractivity (Wildman–Crippen MR) is 153 cm³/mol. The molecule has 0 aliphatic heterocycles. The highest BCUT2D eigenvalue weighted by molar-refractivity contribution is 14.1. The maximum absolute atomic E-state index is 13.3. The van der Waals surface area contributed by atoms with Crippen LogP contribution in [0.2, 0.25) is 0 Å². The molecule has 0 saturated carbocycles. The number of nitrogens with one attached hydrogen (secondary N) is 1. The number of carbonyl (C=O) groups is 3. The molecular weight excluding hydrogens is 603 g/mol. The molecule has 3 N–H and O–H groups in total. The highest BCUT2D eigenvalue weighted by Crippen LogP contribution is 2.37. The fourth-order valence-electron chi connectivity index (χ4n) is 4.39. The van der Waals surface area contributed by atoms with Crippen molar-refractivity contribution in [1.29, 1.82) is 0 Å². The second kappa shape index (κ2) is 16.5. The summed E-state index contributed by atoms with van der Waals surface area (Å²) in [6.07, 6.45) is 6.55. The lowest BCUT2D eigenvalue weighted by molar-refractivity contribution is -0.138. The molecule has 0 spiro atoms. The Balaban J connectivity index is 2.46. The van der Waals surface area contributed by atoms with Gasteiger partial charge in [-0.25, -0.2) is 0 Å². The topological polar surface area (TPSA) is 125 Å². The number of aliphatic hydroxyl groups excluding tert-OH is 2. The Bertz CT molecular complexity index is 998. The number of ether oxygens (including phenoxy) is 2. The van der Waals surface area contributed by atoms with Gasteiger partial charge in [-0.2, -0.15) is 0 Å². The first kappa shape index (κ1) is 31.8. The summed E-state index contributed by atoms with van der Waals surface area (Å²) in [5.41, 5.74) is 0.763. The van der Waals surface area contributed by atoms with Crippen LogP contribution < -0.4 is 14.8 Å². The molecule has 1 aromatic rings. The van der Waals surface area contributed by atoms with Gasteiger partial charge in [-0.05, 0) is 53.6 Å². The summed E-state index contributed by atoms with van der Waals surface area (Å²) >= 11 is 2.02. The number of hydrogen-bond acceptors (Lipinski definition) is 7. The number of carbonyl (C=O) groups excluding carboxylic acids is 3. The van der Waals surface area contributed by atoms with Crippen LogP contribution in [-0.2, 0) is 9.59 Å². The van der Waals surface area contributed by atoms with E-state index in [9.17, 15) is 24.6 Å². The molecular formula is C28H39IN2O7. The van der Waals surface area contributed by atoms with E-state index in [4.69, 9.17) is 9.47 Å². The number of rotatable bonds is 16. The number of amides is 2. The van der Waals surface area contributed by atoms with Gasteiger partial charge in [0, 0.05) is 37.1 Å². The summed E-state index contributed by atoms with van der Waals surface area (Å²) in [5.74, 6) is 0.115. The van der Waals surface area contributed by atoms with Gasteiger partial charge in [0.1, 0.15) is 18.5 Å². The second-order valence-corrected chi connectivity index (χ2v) is 10.3. The zero-order chi connectivity index (χ0) is 28.1. The average molecular weight is 643 g/mol. The number of aldehydes is 1. The minimum Gasteiger partial charge on any atom is -0.493 e. The number of allylic oxidation sites excluding steroid dienone is 1. The molecule has 2 rings (SSSR count). The highest BCUT2D eigenvalue weighted by Gasteiger charge is 2.40. The fourth-order valence-corrected chi connectivity index (χ4v) is 5.14. The van der Waals surface area contributed by atoms with E-state index in [0.29, 0.717) is 45.5 Å². The number of aliphatic hydroxyl groups is 2. The van der Waals surface area contributed by atoms with Crippen LogP contribution in [0.25, 0.3) is 0 Å². The normalized spacial score (nSPS) is 18.8. The van der Waals surface area contributed by atoms with Crippen LogP contribution in [0, 0.1) is 3.57 Å². The highest BCUT2D eigenvalue weighted by atomic mass is 127. The van der Waals surface area contributed by atoms with E-state index in [1.54, 1.807) is 23.1 Å². The van der Waals surface area contributed by atoms with Crippen LogP contribution >= 0.6 is 22.6 Å². The SMILES string of the molecule is C=CCCC(=O)N(CCCCCC)C1CC(C(=O)NCCO)=CC(Oc2c(I)cc(C=O)cc2OC)C1O. The Morgan fingerprint density at radius 1 is 1.29 bits per heavy atom. The van der Waals surface area contributed by atoms with Crippen molar-refractivity contribution in [1.82, 2.24) is 10.2 Å². The van der Waals surface area contributed by atoms with Gasteiger partial charge in [0.25, 0.3) is 0 Å². The minimum absolute atomic E-state index is 0.0762. The molecule has 38 heavy (non-hydrogen) atoms. The molecule has 1 aliphatic carbocycles. The van der Waals surface area contributed by atoms with Crippen LogP contribution in [0.15, 0.2) is 36.4 Å². The van der Waals surface area contributed by atoms with Crippen LogP contribution in [0.3, 0.4) is 0 Å². The molecule has 3 atom stereocenters. The van der Waals surface area contributed by atoms with Crippen molar-refractivity contribution >= 4 is 40.7 Å². The van der Waals surface area contributed by atoms with Crippen molar-refractivity contribution in [2.24, 2.45) is 0 Å². The number of hydrogen-bond donors (Lipinski definition) is 3. The number of unbranched alkanes of at least 4 members (excludes halogenated alkanes) is 3. The van der Waals surface area contributed by atoms with E-state index in [2.05, 4.69) is 18.8 Å². The smallest absolute Gasteiger partial charge is 0.247 e. The van der Waals surface area contributed by atoms with Crippen LogP contribution in [0.1, 0.15) is 62.2 Å². The molecule has 210 valence electrons. The van der Waals surface area contributed by atoms with E-state index in [1.165, 1.54) is 13.2 Å². The maximum atomic E-state index is 13.3. The first-order valence-electron chi connectivity index (χ1n) is 13.0. The second-order valence-electron chi connectivity index (χ2n) is 9.14. The molecule has 0 fully saturated rings. The molecule has 3 unspecified atom stereocenters. The van der Waals surface area contributed by atoms with E-state index in [1.807, 2.05) is 22.6 Å². The van der Waals surface area contributed by atoms with Crippen molar-refractivity contribution in [2.75, 3.05) is 26.8 Å². The van der Waals surface area contributed by atoms with Crippen LogP contribution in [-0.4, -0.2) is 78.3 Å². The molecule has 1 aromatic carbocycles. The fraction of sp³-hybridized carbons (Fsp3) is 0.536. The van der Waals surface area contributed by atoms with Crippen molar-refractivity contribution in [3.63, 3.8) is 0 Å². The Hall–Kier alpha value is -2.44. The third-order valence-corrected chi connectivity index (χ3v) is 7.19. The Kier molecular flexibility index (Phi) is 13.8. The third kappa shape index (κ3) is 8.81. The summed E-state index contributed by atoms with van der Waals surface area (Å²) < 4.78 is 12.3. The van der Waals surface area contributed by atoms with Crippen molar-refractivity contribution in [3.05, 3.63) is 45.6 Å². The van der Waals surface area contributed by atoms with E-state index in [-0.39, 0.29) is 31.9 Å². The van der Waals surface area contributed by atoms with Crippen LogP contribution in [0.4, 0.5) is 0 Å². The van der Waals surface area contributed by atoms with Crippen molar-refractivity contribution in [3.8, 4) is 11.5 Å². The summed E-state index contributed by atoms with van der Waals surface area (Å²) in [7, 11) is 1.45. The van der Waals surface area contributed by atoms with E-state index in [0.717, 1.165) is 25.7 Å². The van der Waals surface area contributed by atoms with Gasteiger partial charge >= 0.3 is 0 Å². The van der Waals surface area contributed by atoms with Gasteiger partial charge in [-0.3, -0.25) is 14.4 Å².